The second-order valence-electron chi connectivity index (χ2n) is 5.70. The van der Waals surface area contributed by atoms with Crippen molar-refractivity contribution in [2.24, 2.45) is 0 Å². The van der Waals surface area contributed by atoms with E-state index in [0.29, 0.717) is 12.1 Å². The number of nitrogens with one attached hydrogen (secondary N) is 2. The average Bonchev–Trinajstić information content (AvgIpc) is 2.35. The van der Waals surface area contributed by atoms with Gasteiger partial charge in [-0.15, -0.1) is 0 Å². The van der Waals surface area contributed by atoms with Gasteiger partial charge in [-0.2, -0.15) is 0 Å². The van der Waals surface area contributed by atoms with Crippen LogP contribution in [0.3, 0.4) is 0 Å². The van der Waals surface area contributed by atoms with E-state index < -0.39 is 0 Å². The number of hydrogen-bond donors (Lipinski definition) is 2. The molecule has 3 heteroatoms. The maximum atomic E-state index is 11.8. The first-order chi connectivity index (χ1) is 8.72. The maximum absolute atomic E-state index is 11.8. The maximum Gasteiger partial charge on any atom is 0.315 e. The van der Waals surface area contributed by atoms with Gasteiger partial charge in [-0.25, -0.2) is 4.79 Å². The van der Waals surface area contributed by atoms with Gasteiger partial charge in [0.15, 0.2) is 0 Å². The Bertz CT molecular complexity index is 225. The van der Waals surface area contributed by atoms with Gasteiger partial charge >= 0.3 is 6.03 Å². The monoisotopic (exact) mass is 254 g/mol. The van der Waals surface area contributed by atoms with Gasteiger partial charge in [-0.1, -0.05) is 51.9 Å². The molecule has 0 radical (unpaired) electrons. The summed E-state index contributed by atoms with van der Waals surface area (Å²) in [5, 5.41) is 6.16. The molecule has 2 amide bonds. The highest BCUT2D eigenvalue weighted by atomic mass is 16.2. The lowest BCUT2D eigenvalue weighted by Gasteiger charge is -2.24. The van der Waals surface area contributed by atoms with Crippen LogP contribution in [0.5, 0.6) is 0 Å². The van der Waals surface area contributed by atoms with Crippen LogP contribution in [0.1, 0.15) is 78.1 Å². The number of carbonyl (C=O) groups excluding carboxylic acids is 1. The molecule has 0 saturated heterocycles. The van der Waals surface area contributed by atoms with Crippen molar-refractivity contribution < 1.29 is 4.79 Å². The zero-order valence-corrected chi connectivity index (χ0v) is 12.1. The zero-order valence-electron chi connectivity index (χ0n) is 12.1. The smallest absolute Gasteiger partial charge is 0.315 e. The molecule has 1 fully saturated rings. The minimum Gasteiger partial charge on any atom is -0.336 e. The van der Waals surface area contributed by atoms with Crippen LogP contribution < -0.4 is 10.6 Å². The van der Waals surface area contributed by atoms with E-state index in [1.807, 2.05) is 0 Å². The lowest BCUT2D eigenvalue weighted by atomic mass is 9.96. The van der Waals surface area contributed by atoms with Gasteiger partial charge in [0.2, 0.25) is 0 Å². The molecular weight excluding hydrogens is 224 g/mol. The Morgan fingerprint density at radius 2 is 1.89 bits per heavy atom. The standard InChI is InChI=1S/C15H30N2O/c1-3-4-5-7-10-13(2)16-15(18)17-14-11-8-6-9-12-14/h13-14H,3-12H2,1-2H3,(H2,16,17,18). The van der Waals surface area contributed by atoms with E-state index in [2.05, 4.69) is 24.5 Å². The molecule has 0 spiro atoms. The molecule has 3 nitrogen and oxygen atoms in total. The molecule has 1 aliphatic rings. The van der Waals surface area contributed by atoms with Crippen LogP contribution in [0.15, 0.2) is 0 Å². The highest BCUT2D eigenvalue weighted by molar-refractivity contribution is 5.74. The molecule has 0 aromatic heterocycles. The average molecular weight is 254 g/mol. The number of amides is 2. The molecule has 0 aliphatic heterocycles. The van der Waals surface area contributed by atoms with Crippen molar-refractivity contribution >= 4 is 6.03 Å². The van der Waals surface area contributed by atoms with Crippen molar-refractivity contribution in [3.8, 4) is 0 Å². The minimum absolute atomic E-state index is 0.0323. The van der Waals surface area contributed by atoms with E-state index in [1.54, 1.807) is 0 Å². The van der Waals surface area contributed by atoms with Crippen LogP contribution in [-0.4, -0.2) is 18.1 Å². The summed E-state index contributed by atoms with van der Waals surface area (Å²) in [6.45, 7) is 4.33. The van der Waals surface area contributed by atoms with Crippen LogP contribution in [0.4, 0.5) is 4.79 Å². The fourth-order valence-electron chi connectivity index (χ4n) is 2.65. The van der Waals surface area contributed by atoms with Crippen molar-refractivity contribution in [1.82, 2.24) is 10.6 Å². The summed E-state index contributed by atoms with van der Waals surface area (Å²) in [5.41, 5.74) is 0. The first-order valence-corrected chi connectivity index (χ1v) is 7.79. The Morgan fingerprint density at radius 1 is 1.17 bits per heavy atom. The Morgan fingerprint density at radius 3 is 2.56 bits per heavy atom. The molecule has 2 N–H and O–H groups in total. The van der Waals surface area contributed by atoms with Crippen molar-refractivity contribution in [2.75, 3.05) is 0 Å². The molecule has 1 rings (SSSR count). The number of hydrogen-bond acceptors (Lipinski definition) is 1. The Labute approximate surface area is 112 Å². The van der Waals surface area contributed by atoms with Crippen molar-refractivity contribution in [1.29, 1.82) is 0 Å². The number of carbonyl (C=O) groups is 1. The SMILES string of the molecule is CCCCCCC(C)NC(=O)NC1CCCCC1. The third-order valence-corrected chi connectivity index (χ3v) is 3.81. The first-order valence-electron chi connectivity index (χ1n) is 7.79. The molecule has 0 heterocycles. The summed E-state index contributed by atoms with van der Waals surface area (Å²) in [7, 11) is 0. The van der Waals surface area contributed by atoms with E-state index >= 15 is 0 Å². The summed E-state index contributed by atoms with van der Waals surface area (Å²) in [6, 6.07) is 0.737. The van der Waals surface area contributed by atoms with Gasteiger partial charge in [-0.05, 0) is 26.2 Å². The third kappa shape index (κ3) is 6.87. The number of unbranched alkanes of at least 4 members (excludes halogenated alkanes) is 3. The Hall–Kier alpha value is -0.730. The molecule has 1 saturated carbocycles. The summed E-state index contributed by atoms with van der Waals surface area (Å²) in [6.07, 6.45) is 12.3. The van der Waals surface area contributed by atoms with Gasteiger partial charge < -0.3 is 10.6 Å². The molecule has 18 heavy (non-hydrogen) atoms. The normalized spacial score (nSPS) is 18.3. The van der Waals surface area contributed by atoms with Crippen molar-refractivity contribution in [3.63, 3.8) is 0 Å². The molecule has 0 aromatic carbocycles. The van der Waals surface area contributed by atoms with Crippen molar-refractivity contribution in [3.05, 3.63) is 0 Å². The molecule has 1 atom stereocenters. The van der Waals surface area contributed by atoms with Crippen LogP contribution in [0.2, 0.25) is 0 Å². The lowest BCUT2D eigenvalue weighted by molar-refractivity contribution is 0.228. The third-order valence-electron chi connectivity index (χ3n) is 3.81. The molecule has 106 valence electrons. The highest BCUT2D eigenvalue weighted by Gasteiger charge is 2.16. The quantitative estimate of drug-likeness (QED) is 0.663. The predicted molar refractivity (Wildman–Crippen MR) is 76.8 cm³/mol. The van der Waals surface area contributed by atoms with Crippen LogP contribution in [0, 0.1) is 0 Å². The van der Waals surface area contributed by atoms with Gasteiger partial charge in [-0.3, -0.25) is 0 Å². The summed E-state index contributed by atoms with van der Waals surface area (Å²) < 4.78 is 0. The fourth-order valence-corrected chi connectivity index (χ4v) is 2.65. The van der Waals surface area contributed by atoms with Gasteiger partial charge in [0, 0.05) is 12.1 Å². The second-order valence-corrected chi connectivity index (χ2v) is 5.70. The largest absolute Gasteiger partial charge is 0.336 e. The first kappa shape index (κ1) is 15.3. The lowest BCUT2D eigenvalue weighted by Crippen LogP contribution is -2.45. The fraction of sp³-hybridized carbons (Fsp3) is 0.933. The van der Waals surface area contributed by atoms with E-state index in [-0.39, 0.29) is 6.03 Å². The topological polar surface area (TPSA) is 41.1 Å². The second kappa shape index (κ2) is 9.23. The Balaban J connectivity index is 2.06. The molecule has 0 bridgehead atoms. The molecule has 0 aromatic rings. The van der Waals surface area contributed by atoms with Crippen molar-refractivity contribution in [2.45, 2.75) is 90.1 Å². The van der Waals surface area contributed by atoms with Gasteiger partial charge in [0.05, 0.1) is 0 Å². The predicted octanol–water partition coefficient (Wildman–Crippen LogP) is 3.98. The summed E-state index contributed by atoms with van der Waals surface area (Å²) >= 11 is 0. The van der Waals surface area contributed by atoms with Crippen LogP contribution >= 0.6 is 0 Å². The summed E-state index contributed by atoms with van der Waals surface area (Å²) in [4.78, 5) is 11.8. The van der Waals surface area contributed by atoms with Crippen LogP contribution in [-0.2, 0) is 0 Å². The Kier molecular flexibility index (Phi) is 7.86. The van der Waals surface area contributed by atoms with Gasteiger partial charge in [0.1, 0.15) is 0 Å². The zero-order chi connectivity index (χ0) is 13.2. The number of urea groups is 1. The minimum atomic E-state index is 0.0323. The van der Waals surface area contributed by atoms with Crippen LogP contribution in [0.25, 0.3) is 0 Å². The molecule has 1 aliphatic carbocycles. The van der Waals surface area contributed by atoms with E-state index in [9.17, 15) is 4.79 Å². The van der Waals surface area contributed by atoms with Gasteiger partial charge in [0.25, 0.3) is 0 Å². The summed E-state index contributed by atoms with van der Waals surface area (Å²) in [5.74, 6) is 0. The highest BCUT2D eigenvalue weighted by Crippen LogP contribution is 2.17. The molecular formula is C15H30N2O. The van der Waals surface area contributed by atoms with E-state index in [4.69, 9.17) is 0 Å². The van der Waals surface area contributed by atoms with E-state index in [0.717, 1.165) is 19.3 Å². The van der Waals surface area contributed by atoms with E-state index in [1.165, 1.54) is 44.9 Å². The number of rotatable bonds is 7. The molecule has 1 unspecified atom stereocenters.